The molecule has 0 saturated heterocycles. The first-order chi connectivity index (χ1) is 9.40. The van der Waals surface area contributed by atoms with E-state index in [9.17, 15) is 0 Å². The van der Waals surface area contributed by atoms with Gasteiger partial charge in [-0.1, -0.05) is 49.4 Å². The standard InChI is InChI=1S/C16H16N2O/c1-2-12-19-18-15-11-7-6-10-14(15)17-16(18)13-8-4-3-5-9-13/h3-11H,2,12H2,1H3. The molecular formula is C16H16N2O. The van der Waals surface area contributed by atoms with Crippen molar-refractivity contribution in [1.29, 1.82) is 0 Å². The summed E-state index contributed by atoms with van der Waals surface area (Å²) in [6.45, 7) is 2.78. The van der Waals surface area contributed by atoms with Crippen LogP contribution in [0.1, 0.15) is 13.3 Å². The third-order valence-electron chi connectivity index (χ3n) is 2.98. The highest BCUT2D eigenvalue weighted by Crippen LogP contribution is 2.23. The second kappa shape index (κ2) is 5.14. The molecule has 1 aromatic heterocycles. The summed E-state index contributed by atoms with van der Waals surface area (Å²) in [5.41, 5.74) is 3.03. The first-order valence-corrected chi connectivity index (χ1v) is 6.56. The van der Waals surface area contributed by atoms with Crippen molar-refractivity contribution in [1.82, 2.24) is 9.71 Å². The zero-order chi connectivity index (χ0) is 13.1. The van der Waals surface area contributed by atoms with Gasteiger partial charge in [0, 0.05) is 5.56 Å². The molecule has 3 heteroatoms. The van der Waals surface area contributed by atoms with Gasteiger partial charge in [-0.2, -0.15) is 4.73 Å². The molecule has 3 rings (SSSR count). The fourth-order valence-corrected chi connectivity index (χ4v) is 2.09. The van der Waals surface area contributed by atoms with Gasteiger partial charge >= 0.3 is 0 Å². The molecule has 0 saturated carbocycles. The predicted molar refractivity (Wildman–Crippen MR) is 76.9 cm³/mol. The number of benzene rings is 2. The van der Waals surface area contributed by atoms with E-state index in [1.165, 1.54) is 0 Å². The Morgan fingerprint density at radius 2 is 1.74 bits per heavy atom. The fourth-order valence-electron chi connectivity index (χ4n) is 2.09. The third kappa shape index (κ3) is 2.19. The Morgan fingerprint density at radius 3 is 2.53 bits per heavy atom. The van der Waals surface area contributed by atoms with E-state index in [2.05, 4.69) is 11.9 Å². The van der Waals surface area contributed by atoms with E-state index < -0.39 is 0 Å². The van der Waals surface area contributed by atoms with E-state index in [0.29, 0.717) is 6.61 Å². The van der Waals surface area contributed by atoms with Crippen LogP contribution in [0.4, 0.5) is 0 Å². The van der Waals surface area contributed by atoms with Crippen LogP contribution < -0.4 is 4.84 Å². The lowest BCUT2D eigenvalue weighted by molar-refractivity contribution is 0.123. The molecule has 3 aromatic rings. The fraction of sp³-hybridized carbons (Fsp3) is 0.188. The van der Waals surface area contributed by atoms with Gasteiger partial charge in [0.15, 0.2) is 5.82 Å². The smallest absolute Gasteiger partial charge is 0.176 e. The van der Waals surface area contributed by atoms with Gasteiger partial charge < -0.3 is 4.84 Å². The molecule has 0 atom stereocenters. The Balaban J connectivity index is 2.17. The lowest BCUT2D eigenvalue weighted by atomic mass is 10.2. The van der Waals surface area contributed by atoms with Crippen LogP contribution in [-0.2, 0) is 0 Å². The molecule has 1 heterocycles. The molecule has 0 aliphatic heterocycles. The topological polar surface area (TPSA) is 27.1 Å². The molecule has 0 fully saturated rings. The number of rotatable bonds is 4. The molecule has 0 radical (unpaired) electrons. The summed E-state index contributed by atoms with van der Waals surface area (Å²) in [6.07, 6.45) is 0.973. The summed E-state index contributed by atoms with van der Waals surface area (Å²) in [4.78, 5) is 10.5. The molecule has 96 valence electrons. The zero-order valence-corrected chi connectivity index (χ0v) is 10.9. The van der Waals surface area contributed by atoms with E-state index in [1.807, 2.05) is 59.3 Å². The van der Waals surface area contributed by atoms with Gasteiger partial charge in [0.2, 0.25) is 0 Å². The van der Waals surface area contributed by atoms with E-state index >= 15 is 0 Å². The van der Waals surface area contributed by atoms with E-state index in [-0.39, 0.29) is 0 Å². The van der Waals surface area contributed by atoms with Crippen molar-refractivity contribution in [3.05, 3.63) is 54.6 Å². The van der Waals surface area contributed by atoms with Crippen LogP contribution in [0.5, 0.6) is 0 Å². The first kappa shape index (κ1) is 11.8. The Labute approximate surface area is 112 Å². The van der Waals surface area contributed by atoms with E-state index in [1.54, 1.807) is 0 Å². The Bertz CT molecular complexity index is 674. The largest absolute Gasteiger partial charge is 0.412 e. The lowest BCUT2D eigenvalue weighted by Crippen LogP contribution is -2.13. The van der Waals surface area contributed by atoms with Gasteiger partial charge in [-0.25, -0.2) is 4.98 Å². The summed E-state index contributed by atoms with van der Waals surface area (Å²) in [7, 11) is 0. The predicted octanol–water partition coefficient (Wildman–Crippen LogP) is 3.54. The molecule has 0 amide bonds. The Morgan fingerprint density at radius 1 is 1.00 bits per heavy atom. The molecule has 19 heavy (non-hydrogen) atoms. The van der Waals surface area contributed by atoms with Gasteiger partial charge in [0.25, 0.3) is 0 Å². The molecule has 3 nitrogen and oxygen atoms in total. The van der Waals surface area contributed by atoms with Crippen LogP contribution >= 0.6 is 0 Å². The second-order valence-electron chi connectivity index (χ2n) is 4.42. The molecule has 0 aliphatic carbocycles. The van der Waals surface area contributed by atoms with Crippen molar-refractivity contribution < 1.29 is 4.84 Å². The number of fused-ring (bicyclic) bond motifs is 1. The highest BCUT2D eigenvalue weighted by molar-refractivity contribution is 5.80. The molecule has 0 spiro atoms. The number of hydrogen-bond acceptors (Lipinski definition) is 2. The highest BCUT2D eigenvalue weighted by atomic mass is 16.7. The minimum absolute atomic E-state index is 0.681. The summed E-state index contributed by atoms with van der Waals surface area (Å²) in [5, 5.41) is 0. The SMILES string of the molecule is CCCOn1c(-c2ccccc2)nc2ccccc21. The van der Waals surface area contributed by atoms with Crippen molar-refractivity contribution in [3.8, 4) is 11.4 Å². The Kier molecular flexibility index (Phi) is 3.19. The van der Waals surface area contributed by atoms with E-state index in [0.717, 1.165) is 28.8 Å². The van der Waals surface area contributed by atoms with Crippen LogP contribution in [0.15, 0.2) is 54.6 Å². The molecule has 0 aliphatic rings. The van der Waals surface area contributed by atoms with Crippen LogP contribution in [0.3, 0.4) is 0 Å². The summed E-state index contributed by atoms with van der Waals surface area (Å²) < 4.78 is 1.84. The Hall–Kier alpha value is -2.29. The molecule has 0 bridgehead atoms. The zero-order valence-electron chi connectivity index (χ0n) is 10.9. The monoisotopic (exact) mass is 252 g/mol. The molecule has 0 N–H and O–H groups in total. The summed E-state index contributed by atoms with van der Waals surface area (Å²) in [6, 6.07) is 18.2. The van der Waals surface area contributed by atoms with Gasteiger partial charge in [0.1, 0.15) is 12.1 Å². The number of nitrogens with zero attached hydrogens (tertiary/aromatic N) is 2. The van der Waals surface area contributed by atoms with Crippen molar-refractivity contribution >= 4 is 11.0 Å². The average molecular weight is 252 g/mol. The molecular weight excluding hydrogens is 236 g/mol. The minimum atomic E-state index is 0.681. The van der Waals surface area contributed by atoms with Crippen molar-refractivity contribution in [2.45, 2.75) is 13.3 Å². The molecule has 0 unspecified atom stereocenters. The maximum atomic E-state index is 5.85. The van der Waals surface area contributed by atoms with Crippen molar-refractivity contribution in [2.75, 3.05) is 6.61 Å². The van der Waals surface area contributed by atoms with Gasteiger partial charge in [-0.05, 0) is 18.6 Å². The first-order valence-electron chi connectivity index (χ1n) is 6.56. The molecule has 2 aromatic carbocycles. The number of imidazole rings is 1. The summed E-state index contributed by atoms with van der Waals surface area (Å²) in [5.74, 6) is 0.857. The number of hydrogen-bond donors (Lipinski definition) is 0. The van der Waals surface area contributed by atoms with Crippen molar-refractivity contribution in [2.24, 2.45) is 0 Å². The second-order valence-corrected chi connectivity index (χ2v) is 4.42. The third-order valence-corrected chi connectivity index (χ3v) is 2.98. The summed E-state index contributed by atoms with van der Waals surface area (Å²) >= 11 is 0. The maximum Gasteiger partial charge on any atom is 0.176 e. The number of aromatic nitrogens is 2. The van der Waals surface area contributed by atoms with Gasteiger partial charge in [-0.15, -0.1) is 0 Å². The van der Waals surface area contributed by atoms with Crippen molar-refractivity contribution in [3.63, 3.8) is 0 Å². The van der Waals surface area contributed by atoms with Gasteiger partial charge in [0.05, 0.1) is 5.52 Å². The number of para-hydroxylation sites is 2. The van der Waals surface area contributed by atoms with Crippen LogP contribution in [0.25, 0.3) is 22.4 Å². The van der Waals surface area contributed by atoms with Gasteiger partial charge in [-0.3, -0.25) is 0 Å². The lowest BCUT2D eigenvalue weighted by Gasteiger charge is -2.09. The quantitative estimate of drug-likeness (QED) is 0.710. The average Bonchev–Trinajstić information content (AvgIpc) is 2.85. The van der Waals surface area contributed by atoms with Crippen LogP contribution in [0.2, 0.25) is 0 Å². The van der Waals surface area contributed by atoms with E-state index in [4.69, 9.17) is 4.84 Å². The minimum Gasteiger partial charge on any atom is -0.412 e. The van der Waals surface area contributed by atoms with Crippen LogP contribution in [0, 0.1) is 0 Å². The normalized spacial score (nSPS) is 10.8. The maximum absolute atomic E-state index is 5.85. The van der Waals surface area contributed by atoms with Crippen LogP contribution in [-0.4, -0.2) is 16.3 Å². The highest BCUT2D eigenvalue weighted by Gasteiger charge is 2.12.